The average Bonchev–Trinajstić information content (AvgIpc) is 2.47. The van der Waals surface area contributed by atoms with Crippen LogP contribution in [0.25, 0.3) is 6.08 Å². The summed E-state index contributed by atoms with van der Waals surface area (Å²) < 4.78 is 5.24. The number of hydrogen-bond donors (Lipinski definition) is 1. The highest BCUT2D eigenvalue weighted by atomic mass is 16.5. The molecule has 0 radical (unpaired) electrons. The maximum atomic E-state index is 12.0. The maximum absolute atomic E-state index is 12.0. The number of benzene rings is 2. The molecular formula is C18H19NO2. The fraction of sp³-hybridized carbons (Fsp3) is 0.167. The zero-order chi connectivity index (χ0) is 15.2. The van der Waals surface area contributed by atoms with Gasteiger partial charge in [-0.2, -0.15) is 0 Å². The summed E-state index contributed by atoms with van der Waals surface area (Å²) in [5.41, 5.74) is 3.93. The van der Waals surface area contributed by atoms with Crippen molar-refractivity contribution in [1.82, 2.24) is 0 Å². The molecule has 0 saturated carbocycles. The molecule has 0 aromatic heterocycles. The zero-order valence-corrected chi connectivity index (χ0v) is 12.5. The number of carbonyl (C=O) groups excluding carboxylic acids is 1. The van der Waals surface area contributed by atoms with Gasteiger partial charge in [-0.15, -0.1) is 0 Å². The summed E-state index contributed by atoms with van der Waals surface area (Å²) in [6.45, 7) is 4.00. The van der Waals surface area contributed by atoms with Gasteiger partial charge in [0.15, 0.2) is 0 Å². The predicted octanol–water partition coefficient (Wildman–Crippen LogP) is 3.96. The molecule has 2 rings (SSSR count). The summed E-state index contributed by atoms with van der Waals surface area (Å²) in [5.74, 6) is 0.470. The van der Waals surface area contributed by atoms with Gasteiger partial charge in [0.05, 0.1) is 12.8 Å². The first-order chi connectivity index (χ1) is 10.1. The molecule has 21 heavy (non-hydrogen) atoms. The third-order valence-corrected chi connectivity index (χ3v) is 3.12. The van der Waals surface area contributed by atoms with E-state index in [0.717, 1.165) is 11.1 Å². The first-order valence-electron chi connectivity index (χ1n) is 6.79. The number of aryl methyl sites for hydroxylation is 2. The number of anilines is 1. The van der Waals surface area contributed by atoms with Gasteiger partial charge in [-0.3, -0.25) is 4.79 Å². The van der Waals surface area contributed by atoms with Crippen LogP contribution in [-0.2, 0) is 4.79 Å². The Morgan fingerprint density at radius 3 is 2.38 bits per heavy atom. The van der Waals surface area contributed by atoms with Gasteiger partial charge in [0.1, 0.15) is 5.75 Å². The molecule has 0 bridgehead atoms. The first kappa shape index (κ1) is 14.9. The highest BCUT2D eigenvalue weighted by Crippen LogP contribution is 2.25. The SMILES string of the molecule is COc1ccc(C)cc1NC(=O)C=Cc1ccc(C)cc1. The van der Waals surface area contributed by atoms with Crippen LogP contribution in [0.3, 0.4) is 0 Å². The summed E-state index contributed by atoms with van der Waals surface area (Å²) in [6.07, 6.45) is 3.31. The molecule has 0 atom stereocenters. The topological polar surface area (TPSA) is 38.3 Å². The van der Waals surface area contributed by atoms with E-state index in [1.807, 2.05) is 56.3 Å². The standard InChI is InChI=1S/C18H19NO2/c1-13-4-7-15(8-5-13)9-11-18(20)19-16-12-14(2)6-10-17(16)21-3/h4-12H,1-3H3,(H,19,20). The lowest BCUT2D eigenvalue weighted by atomic mass is 10.1. The van der Waals surface area contributed by atoms with Crippen molar-refractivity contribution in [2.45, 2.75) is 13.8 Å². The molecule has 108 valence electrons. The highest BCUT2D eigenvalue weighted by Gasteiger charge is 2.05. The third kappa shape index (κ3) is 4.21. The molecule has 2 aromatic carbocycles. The van der Waals surface area contributed by atoms with Gasteiger partial charge in [-0.05, 0) is 43.2 Å². The number of rotatable bonds is 4. The first-order valence-corrected chi connectivity index (χ1v) is 6.79. The molecule has 2 aromatic rings. The number of nitrogens with one attached hydrogen (secondary N) is 1. The Morgan fingerprint density at radius 2 is 1.71 bits per heavy atom. The summed E-state index contributed by atoms with van der Waals surface area (Å²) in [4.78, 5) is 12.0. The predicted molar refractivity (Wildman–Crippen MR) is 86.6 cm³/mol. The lowest BCUT2D eigenvalue weighted by molar-refractivity contribution is -0.111. The Labute approximate surface area is 125 Å². The van der Waals surface area contributed by atoms with Gasteiger partial charge >= 0.3 is 0 Å². The molecule has 0 unspecified atom stereocenters. The minimum atomic E-state index is -0.181. The van der Waals surface area contributed by atoms with E-state index in [2.05, 4.69) is 5.32 Å². The fourth-order valence-electron chi connectivity index (χ4n) is 1.94. The van der Waals surface area contributed by atoms with E-state index >= 15 is 0 Å². The molecule has 0 fully saturated rings. The van der Waals surface area contributed by atoms with E-state index < -0.39 is 0 Å². The lowest BCUT2D eigenvalue weighted by Gasteiger charge is -2.09. The van der Waals surface area contributed by atoms with Crippen LogP contribution in [0, 0.1) is 13.8 Å². The lowest BCUT2D eigenvalue weighted by Crippen LogP contribution is -2.09. The quantitative estimate of drug-likeness (QED) is 0.861. The minimum absolute atomic E-state index is 0.181. The number of hydrogen-bond acceptors (Lipinski definition) is 2. The molecule has 0 spiro atoms. The monoisotopic (exact) mass is 281 g/mol. The molecule has 0 aliphatic carbocycles. The zero-order valence-electron chi connectivity index (χ0n) is 12.5. The van der Waals surface area contributed by atoms with Crippen LogP contribution < -0.4 is 10.1 Å². The number of ether oxygens (including phenoxy) is 1. The van der Waals surface area contributed by atoms with Crippen LogP contribution in [-0.4, -0.2) is 13.0 Å². The van der Waals surface area contributed by atoms with Crippen LogP contribution in [0.5, 0.6) is 5.75 Å². The molecule has 1 amide bonds. The smallest absolute Gasteiger partial charge is 0.248 e. The molecule has 0 heterocycles. The van der Waals surface area contributed by atoms with Crippen LogP contribution in [0.15, 0.2) is 48.5 Å². The van der Waals surface area contributed by atoms with E-state index in [0.29, 0.717) is 11.4 Å². The molecule has 0 aliphatic heterocycles. The van der Waals surface area contributed by atoms with E-state index in [4.69, 9.17) is 4.74 Å². The average molecular weight is 281 g/mol. The largest absolute Gasteiger partial charge is 0.495 e. The Hall–Kier alpha value is -2.55. The van der Waals surface area contributed by atoms with Gasteiger partial charge in [0.2, 0.25) is 5.91 Å². The van der Waals surface area contributed by atoms with Gasteiger partial charge in [0.25, 0.3) is 0 Å². The van der Waals surface area contributed by atoms with Crippen molar-refractivity contribution in [2.24, 2.45) is 0 Å². The fourth-order valence-corrected chi connectivity index (χ4v) is 1.94. The van der Waals surface area contributed by atoms with Gasteiger partial charge in [-0.1, -0.05) is 35.9 Å². The Balaban J connectivity index is 2.08. The Bertz CT molecular complexity index is 657. The van der Waals surface area contributed by atoms with Crippen molar-refractivity contribution in [3.05, 3.63) is 65.2 Å². The van der Waals surface area contributed by atoms with Gasteiger partial charge < -0.3 is 10.1 Å². The van der Waals surface area contributed by atoms with Gasteiger partial charge in [-0.25, -0.2) is 0 Å². The Kier molecular flexibility index (Phi) is 4.77. The number of carbonyl (C=O) groups is 1. The van der Waals surface area contributed by atoms with Crippen LogP contribution in [0.4, 0.5) is 5.69 Å². The minimum Gasteiger partial charge on any atom is -0.495 e. The summed E-state index contributed by atoms with van der Waals surface area (Å²) in [7, 11) is 1.59. The van der Waals surface area contributed by atoms with Crippen LogP contribution in [0.2, 0.25) is 0 Å². The second-order valence-electron chi connectivity index (χ2n) is 4.94. The second-order valence-corrected chi connectivity index (χ2v) is 4.94. The molecule has 0 saturated heterocycles. The van der Waals surface area contributed by atoms with Crippen LogP contribution >= 0.6 is 0 Å². The van der Waals surface area contributed by atoms with Crippen LogP contribution in [0.1, 0.15) is 16.7 Å². The molecule has 1 N–H and O–H groups in total. The molecule has 3 nitrogen and oxygen atoms in total. The maximum Gasteiger partial charge on any atom is 0.248 e. The van der Waals surface area contributed by atoms with E-state index in [-0.39, 0.29) is 5.91 Å². The summed E-state index contributed by atoms with van der Waals surface area (Å²) in [5, 5.41) is 2.83. The summed E-state index contributed by atoms with van der Waals surface area (Å²) >= 11 is 0. The summed E-state index contributed by atoms with van der Waals surface area (Å²) in [6, 6.07) is 13.7. The number of methoxy groups -OCH3 is 1. The van der Waals surface area contributed by atoms with E-state index in [9.17, 15) is 4.79 Å². The normalized spacial score (nSPS) is 10.6. The van der Waals surface area contributed by atoms with Gasteiger partial charge in [0, 0.05) is 6.08 Å². The van der Waals surface area contributed by atoms with Crippen molar-refractivity contribution >= 4 is 17.7 Å². The molecule has 3 heteroatoms. The molecule has 0 aliphatic rings. The van der Waals surface area contributed by atoms with Crippen molar-refractivity contribution in [3.63, 3.8) is 0 Å². The van der Waals surface area contributed by atoms with Crippen molar-refractivity contribution in [2.75, 3.05) is 12.4 Å². The third-order valence-electron chi connectivity index (χ3n) is 3.12. The van der Waals surface area contributed by atoms with E-state index in [1.165, 1.54) is 11.6 Å². The van der Waals surface area contributed by atoms with Crippen molar-refractivity contribution < 1.29 is 9.53 Å². The molecular weight excluding hydrogens is 262 g/mol. The van der Waals surface area contributed by atoms with Crippen molar-refractivity contribution in [1.29, 1.82) is 0 Å². The van der Waals surface area contributed by atoms with Crippen molar-refractivity contribution in [3.8, 4) is 5.75 Å². The Morgan fingerprint density at radius 1 is 1.05 bits per heavy atom. The number of amides is 1. The van der Waals surface area contributed by atoms with E-state index in [1.54, 1.807) is 13.2 Å². The highest BCUT2D eigenvalue weighted by molar-refractivity contribution is 6.02. The second kappa shape index (κ2) is 6.75.